The Morgan fingerprint density at radius 3 is 2.24 bits per heavy atom. The lowest BCUT2D eigenvalue weighted by molar-refractivity contribution is -0.117. The van der Waals surface area contributed by atoms with Gasteiger partial charge in [-0.1, -0.05) is 0 Å². The number of nitrogens with zero attached hydrogens (tertiary/aromatic N) is 2. The Kier molecular flexibility index (Phi) is 10.7. The molecule has 3 aromatic rings. The summed E-state index contributed by atoms with van der Waals surface area (Å²) in [5.74, 6) is -2.85. The predicted molar refractivity (Wildman–Crippen MR) is 146 cm³/mol. The van der Waals surface area contributed by atoms with Gasteiger partial charge in [-0.2, -0.15) is 8.78 Å². The Morgan fingerprint density at radius 2 is 1.71 bits per heavy atom. The first-order valence-corrected chi connectivity index (χ1v) is 12.8. The number of aromatic nitrogens is 1. The van der Waals surface area contributed by atoms with E-state index in [9.17, 15) is 37.1 Å². The number of hydrogen-bond donors (Lipinski definition) is 2. The molecular formula is C29H31F4N3O6. The summed E-state index contributed by atoms with van der Waals surface area (Å²) in [6.45, 7) is 0.477. The number of anilines is 1. The van der Waals surface area contributed by atoms with Crippen molar-refractivity contribution in [3.05, 3.63) is 87.3 Å². The second-order valence-corrected chi connectivity index (χ2v) is 9.55. The van der Waals surface area contributed by atoms with Crippen molar-refractivity contribution >= 4 is 17.5 Å². The summed E-state index contributed by atoms with van der Waals surface area (Å²) in [5.41, 5.74) is 0.538. The molecule has 0 spiro atoms. The van der Waals surface area contributed by atoms with Gasteiger partial charge in [0, 0.05) is 55.4 Å². The highest BCUT2D eigenvalue weighted by molar-refractivity contribution is 5.97. The standard InChI is InChI=1S/C20H22F2N2O4.C9H9F2NO2/c1-11-4-5-23(9-12(2)25)20(27)19(11)24-10-13(6-17(24)26)18-15(21)7-14(28-3)8-16(18)22;1-12-8(13)6-2-4-7(5-3-6)14-9(10)11/h4-5,7-8,12-13,25H,6,9-10H2,1-3H3;2-5,9H,1H3,(H,12,13). The van der Waals surface area contributed by atoms with Crippen LogP contribution in [0.5, 0.6) is 11.5 Å². The number of methoxy groups -OCH3 is 1. The van der Waals surface area contributed by atoms with E-state index in [1.807, 2.05) is 0 Å². The van der Waals surface area contributed by atoms with Gasteiger partial charge in [0.15, 0.2) is 0 Å². The maximum absolute atomic E-state index is 14.4. The quantitative estimate of drug-likeness (QED) is 0.383. The van der Waals surface area contributed by atoms with Crippen LogP contribution in [-0.2, 0) is 11.3 Å². The van der Waals surface area contributed by atoms with Crippen molar-refractivity contribution in [1.29, 1.82) is 0 Å². The minimum atomic E-state index is -2.85. The van der Waals surface area contributed by atoms with Crippen LogP contribution >= 0.6 is 0 Å². The summed E-state index contributed by atoms with van der Waals surface area (Å²) in [4.78, 5) is 37.7. The molecule has 1 saturated heterocycles. The number of amides is 2. The summed E-state index contributed by atoms with van der Waals surface area (Å²) in [6.07, 6.45) is 0.705. The third-order valence-corrected chi connectivity index (χ3v) is 6.46. The second kappa shape index (κ2) is 14.0. The first kappa shape index (κ1) is 32.1. The minimum Gasteiger partial charge on any atom is -0.497 e. The number of aryl methyl sites for hydroxylation is 1. The maximum atomic E-state index is 14.4. The third kappa shape index (κ3) is 7.66. The summed E-state index contributed by atoms with van der Waals surface area (Å²) in [5, 5.41) is 12.0. The summed E-state index contributed by atoms with van der Waals surface area (Å²) >= 11 is 0. The van der Waals surface area contributed by atoms with E-state index in [1.54, 1.807) is 26.1 Å². The first-order valence-electron chi connectivity index (χ1n) is 12.8. The van der Waals surface area contributed by atoms with Gasteiger partial charge in [-0.15, -0.1) is 0 Å². The Morgan fingerprint density at radius 1 is 1.10 bits per heavy atom. The normalized spacial score (nSPS) is 15.2. The lowest BCUT2D eigenvalue weighted by atomic mass is 9.97. The van der Waals surface area contributed by atoms with Crippen LogP contribution in [0.4, 0.5) is 23.2 Å². The number of rotatable bonds is 8. The van der Waals surface area contributed by atoms with Gasteiger partial charge in [-0.3, -0.25) is 14.4 Å². The molecule has 2 atom stereocenters. The van der Waals surface area contributed by atoms with Gasteiger partial charge < -0.3 is 29.4 Å². The number of aliphatic hydroxyl groups excluding tert-OH is 1. The summed E-state index contributed by atoms with van der Waals surface area (Å²) in [7, 11) is 2.80. The average molecular weight is 594 g/mol. The molecule has 2 aromatic carbocycles. The fourth-order valence-electron chi connectivity index (χ4n) is 4.53. The molecule has 226 valence electrons. The number of hydrogen-bond acceptors (Lipinski definition) is 6. The average Bonchev–Trinajstić information content (AvgIpc) is 3.30. The van der Waals surface area contributed by atoms with Crippen LogP contribution in [-0.4, -0.2) is 54.9 Å². The lowest BCUT2D eigenvalue weighted by Gasteiger charge is -2.20. The van der Waals surface area contributed by atoms with E-state index < -0.39 is 35.8 Å². The zero-order valence-corrected chi connectivity index (χ0v) is 23.4. The van der Waals surface area contributed by atoms with Gasteiger partial charge in [-0.25, -0.2) is 8.78 Å². The number of aliphatic hydroxyl groups is 1. The van der Waals surface area contributed by atoms with Crippen molar-refractivity contribution < 1.29 is 41.7 Å². The number of carbonyl (C=O) groups excluding carboxylic acids is 2. The Hall–Kier alpha value is -4.39. The maximum Gasteiger partial charge on any atom is 0.387 e. The van der Waals surface area contributed by atoms with Crippen LogP contribution in [0.3, 0.4) is 0 Å². The van der Waals surface area contributed by atoms with Gasteiger partial charge in [0.2, 0.25) is 5.91 Å². The van der Waals surface area contributed by atoms with Crippen LogP contribution in [0.2, 0.25) is 0 Å². The number of carbonyl (C=O) groups is 2. The van der Waals surface area contributed by atoms with E-state index in [-0.39, 0.29) is 54.1 Å². The molecule has 4 rings (SSSR count). The van der Waals surface area contributed by atoms with E-state index in [0.29, 0.717) is 11.1 Å². The molecule has 9 nitrogen and oxygen atoms in total. The van der Waals surface area contributed by atoms with Crippen LogP contribution in [0.1, 0.15) is 40.7 Å². The van der Waals surface area contributed by atoms with Gasteiger partial charge in [0.25, 0.3) is 11.5 Å². The fourth-order valence-corrected chi connectivity index (χ4v) is 4.53. The summed E-state index contributed by atoms with van der Waals surface area (Å²) < 4.78 is 62.6. The molecule has 2 heterocycles. The van der Waals surface area contributed by atoms with Crippen molar-refractivity contribution in [3.8, 4) is 11.5 Å². The van der Waals surface area contributed by atoms with Gasteiger partial charge >= 0.3 is 6.61 Å². The number of benzene rings is 2. The molecule has 1 fully saturated rings. The molecule has 0 radical (unpaired) electrons. The molecule has 2 unspecified atom stereocenters. The molecule has 42 heavy (non-hydrogen) atoms. The van der Waals surface area contributed by atoms with E-state index in [2.05, 4.69) is 10.1 Å². The zero-order valence-electron chi connectivity index (χ0n) is 23.4. The number of halogens is 4. The van der Waals surface area contributed by atoms with E-state index >= 15 is 0 Å². The molecule has 0 bridgehead atoms. The number of ether oxygens (including phenoxy) is 2. The van der Waals surface area contributed by atoms with Crippen LogP contribution < -0.4 is 25.2 Å². The van der Waals surface area contributed by atoms with Crippen molar-refractivity contribution in [2.75, 3.05) is 25.6 Å². The molecule has 2 amide bonds. The SMILES string of the molecule is CNC(=O)c1ccc(OC(F)F)cc1.COc1cc(F)c(C2CC(=O)N(c3c(C)ccn(CC(C)O)c3=O)C2)c(F)c1. The van der Waals surface area contributed by atoms with Crippen LogP contribution in [0.15, 0.2) is 53.5 Å². The molecular weight excluding hydrogens is 562 g/mol. The molecule has 1 aliphatic heterocycles. The minimum absolute atomic E-state index is 0.00618. The number of alkyl halides is 2. The Labute approximate surface area is 239 Å². The topological polar surface area (TPSA) is 110 Å². The monoisotopic (exact) mass is 593 g/mol. The fraction of sp³-hybridized carbons (Fsp3) is 0.345. The molecule has 0 aliphatic carbocycles. The molecule has 2 N–H and O–H groups in total. The predicted octanol–water partition coefficient (Wildman–Crippen LogP) is 3.99. The van der Waals surface area contributed by atoms with Crippen molar-refractivity contribution in [2.45, 2.75) is 45.4 Å². The Balaban J connectivity index is 0.000000291. The van der Waals surface area contributed by atoms with Gasteiger partial charge in [0.1, 0.15) is 28.8 Å². The smallest absolute Gasteiger partial charge is 0.387 e. The van der Waals surface area contributed by atoms with E-state index in [4.69, 9.17) is 4.74 Å². The van der Waals surface area contributed by atoms with E-state index in [1.165, 1.54) is 47.9 Å². The largest absolute Gasteiger partial charge is 0.497 e. The molecule has 13 heteroatoms. The third-order valence-electron chi connectivity index (χ3n) is 6.46. The highest BCUT2D eigenvalue weighted by Gasteiger charge is 2.37. The van der Waals surface area contributed by atoms with E-state index in [0.717, 1.165) is 12.1 Å². The first-order chi connectivity index (χ1) is 19.9. The molecule has 0 saturated carbocycles. The number of pyridine rings is 1. The van der Waals surface area contributed by atoms with Crippen molar-refractivity contribution in [1.82, 2.24) is 9.88 Å². The van der Waals surface area contributed by atoms with Crippen LogP contribution in [0, 0.1) is 18.6 Å². The van der Waals surface area contributed by atoms with Gasteiger partial charge in [0.05, 0.1) is 19.8 Å². The second-order valence-electron chi connectivity index (χ2n) is 9.55. The van der Waals surface area contributed by atoms with Crippen molar-refractivity contribution in [3.63, 3.8) is 0 Å². The Bertz CT molecular complexity index is 1450. The molecule has 1 aromatic heterocycles. The van der Waals surface area contributed by atoms with Gasteiger partial charge in [-0.05, 0) is 49.7 Å². The number of nitrogens with one attached hydrogen (secondary N) is 1. The molecule has 1 aliphatic rings. The van der Waals surface area contributed by atoms with Crippen LogP contribution in [0.25, 0.3) is 0 Å². The summed E-state index contributed by atoms with van der Waals surface area (Å²) in [6, 6.07) is 9.29. The lowest BCUT2D eigenvalue weighted by Crippen LogP contribution is -2.35. The zero-order chi connectivity index (χ0) is 31.1. The highest BCUT2D eigenvalue weighted by atomic mass is 19.3. The van der Waals surface area contributed by atoms with Crippen molar-refractivity contribution in [2.24, 2.45) is 0 Å². The highest BCUT2D eigenvalue weighted by Crippen LogP contribution is 2.35.